The summed E-state index contributed by atoms with van der Waals surface area (Å²) in [5.74, 6) is 1.36. The summed E-state index contributed by atoms with van der Waals surface area (Å²) >= 11 is 1.30. The molecule has 23 heavy (non-hydrogen) atoms. The van der Waals surface area contributed by atoms with Crippen molar-refractivity contribution in [2.75, 3.05) is 26.3 Å². The van der Waals surface area contributed by atoms with Crippen LogP contribution < -0.4 is 0 Å². The molecule has 8 nitrogen and oxygen atoms in total. The summed E-state index contributed by atoms with van der Waals surface area (Å²) in [4.78, 5) is 7.12. The van der Waals surface area contributed by atoms with E-state index < -0.39 is 6.04 Å². The molecule has 9 heteroatoms. The van der Waals surface area contributed by atoms with Crippen molar-refractivity contribution >= 4 is 16.3 Å². The van der Waals surface area contributed by atoms with Crippen LogP contribution in [-0.4, -0.2) is 61.1 Å². The number of aliphatic hydroxyl groups excluding tert-OH is 2. The van der Waals surface area contributed by atoms with E-state index in [4.69, 9.17) is 4.42 Å². The Balaban J connectivity index is 2.09. The Morgan fingerprint density at radius 3 is 2.61 bits per heavy atom. The number of aromatic nitrogens is 3. The number of aryl methyl sites for hydroxylation is 1. The lowest BCUT2D eigenvalue weighted by atomic mass is 10.1. The predicted octanol–water partition coefficient (Wildman–Crippen LogP) is 0.774. The highest BCUT2D eigenvalue weighted by molar-refractivity contribution is 7.17. The monoisotopic (exact) mass is 338 g/mol. The summed E-state index contributed by atoms with van der Waals surface area (Å²) in [6, 6.07) is 3.24. The average Bonchev–Trinajstić information content (AvgIpc) is 3.21. The second kappa shape index (κ2) is 6.67. The second-order valence-electron chi connectivity index (χ2n) is 5.08. The summed E-state index contributed by atoms with van der Waals surface area (Å²) in [5, 5.41) is 33.1. The standard InChI is InChI=1S/C14H18N4O4S/c1-9-2-3-10(22-9)11(17(4-6-19)5-7-20)12-13(21)18-14(23-12)15-8-16-18/h2-3,8,11,19-21H,4-7H2,1H3. The molecular formula is C14H18N4O4S. The highest BCUT2D eigenvalue weighted by atomic mass is 32.1. The van der Waals surface area contributed by atoms with Crippen LogP contribution in [0.2, 0.25) is 0 Å². The molecule has 0 aliphatic rings. The number of furan rings is 1. The number of hydrogen-bond acceptors (Lipinski definition) is 8. The molecule has 0 saturated carbocycles. The van der Waals surface area contributed by atoms with Gasteiger partial charge in [-0.1, -0.05) is 11.3 Å². The van der Waals surface area contributed by atoms with Crippen LogP contribution in [0.25, 0.3) is 4.96 Å². The van der Waals surface area contributed by atoms with E-state index in [9.17, 15) is 15.3 Å². The highest BCUT2D eigenvalue weighted by Gasteiger charge is 2.31. The van der Waals surface area contributed by atoms with Gasteiger partial charge in [-0.15, -0.1) is 0 Å². The Hall–Kier alpha value is -1.94. The number of nitrogens with zero attached hydrogens (tertiary/aromatic N) is 4. The molecule has 0 aliphatic heterocycles. The van der Waals surface area contributed by atoms with Crippen LogP contribution in [0.15, 0.2) is 22.9 Å². The summed E-state index contributed by atoms with van der Waals surface area (Å²) in [6.45, 7) is 2.36. The van der Waals surface area contributed by atoms with E-state index in [2.05, 4.69) is 10.1 Å². The fourth-order valence-electron chi connectivity index (χ4n) is 2.57. The molecule has 3 rings (SSSR count). The van der Waals surface area contributed by atoms with Gasteiger partial charge in [0.1, 0.15) is 23.9 Å². The zero-order chi connectivity index (χ0) is 16.4. The van der Waals surface area contributed by atoms with Gasteiger partial charge in [0.05, 0.1) is 18.1 Å². The third-order valence-corrected chi connectivity index (χ3v) is 4.64. The minimum Gasteiger partial charge on any atom is -0.492 e. The first-order valence-corrected chi connectivity index (χ1v) is 8.00. The molecule has 0 bridgehead atoms. The number of fused-ring (bicyclic) bond motifs is 1. The number of hydrogen-bond donors (Lipinski definition) is 3. The van der Waals surface area contributed by atoms with Gasteiger partial charge in [0, 0.05) is 13.1 Å². The summed E-state index contributed by atoms with van der Waals surface area (Å²) in [7, 11) is 0. The number of aromatic hydroxyl groups is 1. The molecule has 0 saturated heterocycles. The van der Waals surface area contributed by atoms with Crippen molar-refractivity contribution in [1.82, 2.24) is 19.5 Å². The van der Waals surface area contributed by atoms with Crippen LogP contribution in [0.3, 0.4) is 0 Å². The molecule has 3 aromatic heterocycles. The van der Waals surface area contributed by atoms with E-state index in [-0.39, 0.29) is 19.1 Å². The Morgan fingerprint density at radius 2 is 2.04 bits per heavy atom. The van der Waals surface area contributed by atoms with Gasteiger partial charge in [0.2, 0.25) is 10.8 Å². The first-order chi connectivity index (χ1) is 11.2. The van der Waals surface area contributed by atoms with Crippen LogP contribution in [0.5, 0.6) is 5.88 Å². The molecule has 0 spiro atoms. The van der Waals surface area contributed by atoms with Crippen molar-refractivity contribution in [1.29, 1.82) is 0 Å². The highest BCUT2D eigenvalue weighted by Crippen LogP contribution is 2.39. The first-order valence-electron chi connectivity index (χ1n) is 7.19. The van der Waals surface area contributed by atoms with E-state index in [0.29, 0.717) is 28.7 Å². The van der Waals surface area contributed by atoms with Gasteiger partial charge in [0.15, 0.2) is 0 Å². The molecule has 3 aromatic rings. The normalized spacial score (nSPS) is 13.2. The molecule has 1 unspecified atom stereocenters. The van der Waals surface area contributed by atoms with Crippen LogP contribution >= 0.6 is 11.3 Å². The zero-order valence-electron chi connectivity index (χ0n) is 12.6. The summed E-state index contributed by atoms with van der Waals surface area (Å²) in [6.07, 6.45) is 1.38. The molecule has 3 heterocycles. The van der Waals surface area contributed by atoms with E-state index in [1.54, 1.807) is 0 Å². The predicted molar refractivity (Wildman–Crippen MR) is 83.6 cm³/mol. The fraction of sp³-hybridized carbons (Fsp3) is 0.429. The van der Waals surface area contributed by atoms with Gasteiger partial charge in [0.25, 0.3) is 0 Å². The van der Waals surface area contributed by atoms with Gasteiger partial charge in [-0.3, -0.25) is 4.90 Å². The third-order valence-electron chi connectivity index (χ3n) is 3.56. The average molecular weight is 338 g/mol. The van der Waals surface area contributed by atoms with Crippen molar-refractivity contribution in [2.45, 2.75) is 13.0 Å². The lowest BCUT2D eigenvalue weighted by Gasteiger charge is -2.28. The molecule has 124 valence electrons. The maximum absolute atomic E-state index is 10.5. The van der Waals surface area contributed by atoms with E-state index >= 15 is 0 Å². The number of aliphatic hydroxyl groups is 2. The first kappa shape index (κ1) is 15.9. The second-order valence-corrected chi connectivity index (χ2v) is 6.09. The summed E-state index contributed by atoms with van der Waals surface area (Å²) in [5.41, 5.74) is 0. The smallest absolute Gasteiger partial charge is 0.230 e. The maximum Gasteiger partial charge on any atom is 0.230 e. The van der Waals surface area contributed by atoms with Crippen molar-refractivity contribution < 1.29 is 19.7 Å². The van der Waals surface area contributed by atoms with Gasteiger partial charge in [-0.05, 0) is 19.1 Å². The Bertz CT molecular complexity index is 775. The van der Waals surface area contributed by atoms with Crippen molar-refractivity contribution in [3.05, 3.63) is 34.9 Å². The molecule has 1 atom stereocenters. The van der Waals surface area contributed by atoms with E-state index in [0.717, 1.165) is 5.76 Å². The largest absolute Gasteiger partial charge is 0.492 e. The topological polar surface area (TPSA) is 107 Å². The van der Waals surface area contributed by atoms with E-state index in [1.165, 1.54) is 22.2 Å². The minimum absolute atomic E-state index is 0.0116. The quantitative estimate of drug-likeness (QED) is 0.584. The minimum atomic E-state index is -0.434. The lowest BCUT2D eigenvalue weighted by molar-refractivity contribution is 0.126. The van der Waals surface area contributed by atoms with Crippen LogP contribution in [-0.2, 0) is 0 Å². The van der Waals surface area contributed by atoms with Gasteiger partial charge in [-0.2, -0.15) is 9.61 Å². The number of thiazole rings is 1. The molecule has 0 aliphatic carbocycles. The fourth-order valence-corrected chi connectivity index (χ4v) is 3.65. The number of rotatable bonds is 7. The van der Waals surface area contributed by atoms with Crippen molar-refractivity contribution in [3.8, 4) is 5.88 Å². The Morgan fingerprint density at radius 1 is 1.30 bits per heavy atom. The van der Waals surface area contributed by atoms with Crippen LogP contribution in [0, 0.1) is 6.92 Å². The summed E-state index contributed by atoms with van der Waals surface area (Å²) < 4.78 is 7.10. The lowest BCUT2D eigenvalue weighted by Crippen LogP contribution is -2.34. The molecule has 0 fully saturated rings. The molecule has 0 aromatic carbocycles. The maximum atomic E-state index is 10.5. The molecular weight excluding hydrogens is 320 g/mol. The van der Waals surface area contributed by atoms with E-state index in [1.807, 2.05) is 24.0 Å². The van der Waals surface area contributed by atoms with Gasteiger partial charge < -0.3 is 19.7 Å². The third kappa shape index (κ3) is 2.95. The Kier molecular flexibility index (Phi) is 4.62. The Labute approximate surface area is 136 Å². The van der Waals surface area contributed by atoms with Gasteiger partial charge in [-0.25, -0.2) is 4.98 Å². The van der Waals surface area contributed by atoms with Crippen molar-refractivity contribution in [2.24, 2.45) is 0 Å². The van der Waals surface area contributed by atoms with Gasteiger partial charge >= 0.3 is 0 Å². The zero-order valence-corrected chi connectivity index (χ0v) is 13.4. The molecule has 3 N–H and O–H groups in total. The van der Waals surface area contributed by atoms with Crippen molar-refractivity contribution in [3.63, 3.8) is 0 Å². The van der Waals surface area contributed by atoms with Crippen LogP contribution in [0.4, 0.5) is 0 Å². The molecule has 0 radical (unpaired) electrons. The van der Waals surface area contributed by atoms with Crippen LogP contribution in [0.1, 0.15) is 22.4 Å². The SMILES string of the molecule is Cc1ccc(C(c2sc3ncnn3c2O)N(CCO)CCO)o1. The molecule has 0 amide bonds.